The number of carbonyl (C=O) groups excluding carboxylic acids is 1. The van der Waals surface area contributed by atoms with Gasteiger partial charge in [-0.25, -0.2) is 4.98 Å². The summed E-state index contributed by atoms with van der Waals surface area (Å²) >= 11 is 0. The zero-order valence-corrected chi connectivity index (χ0v) is 11.2. The van der Waals surface area contributed by atoms with Gasteiger partial charge in [-0.15, -0.1) is 0 Å². The van der Waals surface area contributed by atoms with Crippen molar-refractivity contribution in [3.8, 4) is 5.88 Å². The van der Waals surface area contributed by atoms with E-state index < -0.39 is 0 Å². The summed E-state index contributed by atoms with van der Waals surface area (Å²) < 4.78 is 5.11. The summed E-state index contributed by atoms with van der Waals surface area (Å²) in [4.78, 5) is 18.2. The van der Waals surface area contributed by atoms with Crippen LogP contribution in [-0.4, -0.2) is 55.6 Å². The number of rotatable bonds is 4. The highest BCUT2D eigenvalue weighted by atomic mass is 16.5. The molecule has 0 spiro atoms. The number of amides is 1. The van der Waals surface area contributed by atoms with Gasteiger partial charge in [-0.1, -0.05) is 0 Å². The molecule has 0 saturated carbocycles. The quantitative estimate of drug-likeness (QED) is 0.820. The lowest BCUT2D eigenvalue weighted by Crippen LogP contribution is -2.35. The monoisotopic (exact) mass is 264 g/mol. The first-order valence-corrected chi connectivity index (χ1v) is 6.51. The summed E-state index contributed by atoms with van der Waals surface area (Å²) in [7, 11) is 1.54. The van der Waals surface area contributed by atoms with E-state index in [2.05, 4.69) is 20.5 Å². The highest BCUT2D eigenvalue weighted by Crippen LogP contribution is 2.19. The fourth-order valence-corrected chi connectivity index (χ4v) is 2.10. The molecule has 104 valence electrons. The maximum Gasteiger partial charge on any atom is 0.238 e. The number of nitrogens with one attached hydrogen (secondary N) is 2. The smallest absolute Gasteiger partial charge is 0.238 e. The SMILES string of the molecule is COc1ncccc1NC(=O)CN1CCCNCC1. The van der Waals surface area contributed by atoms with Crippen LogP contribution in [0.25, 0.3) is 0 Å². The molecule has 6 heteroatoms. The van der Waals surface area contributed by atoms with Crippen molar-refractivity contribution in [2.45, 2.75) is 6.42 Å². The van der Waals surface area contributed by atoms with Crippen molar-refractivity contribution in [3.63, 3.8) is 0 Å². The van der Waals surface area contributed by atoms with Crippen molar-refractivity contribution in [2.24, 2.45) is 0 Å². The van der Waals surface area contributed by atoms with Crippen molar-refractivity contribution in [1.29, 1.82) is 0 Å². The Bertz CT molecular complexity index is 417. The molecule has 1 amide bonds. The molecule has 0 unspecified atom stereocenters. The summed E-state index contributed by atoms with van der Waals surface area (Å²) in [5, 5.41) is 6.16. The third-order valence-corrected chi connectivity index (χ3v) is 3.04. The van der Waals surface area contributed by atoms with E-state index in [1.165, 1.54) is 0 Å². The Morgan fingerprint density at radius 1 is 1.53 bits per heavy atom. The number of nitrogens with zero attached hydrogens (tertiary/aromatic N) is 2. The predicted molar refractivity (Wildman–Crippen MR) is 73.3 cm³/mol. The second-order valence-electron chi connectivity index (χ2n) is 4.49. The molecule has 0 aromatic carbocycles. The van der Waals surface area contributed by atoms with Gasteiger partial charge in [-0.3, -0.25) is 9.69 Å². The van der Waals surface area contributed by atoms with E-state index in [-0.39, 0.29) is 5.91 Å². The van der Waals surface area contributed by atoms with Crippen LogP contribution in [0.5, 0.6) is 5.88 Å². The fourth-order valence-electron chi connectivity index (χ4n) is 2.10. The van der Waals surface area contributed by atoms with Gasteiger partial charge >= 0.3 is 0 Å². The summed E-state index contributed by atoms with van der Waals surface area (Å²) in [6.45, 7) is 4.21. The predicted octanol–water partition coefficient (Wildman–Crippen LogP) is 0.324. The highest BCUT2D eigenvalue weighted by Gasteiger charge is 2.14. The van der Waals surface area contributed by atoms with Crippen molar-refractivity contribution in [1.82, 2.24) is 15.2 Å². The molecular formula is C13H20N4O2. The zero-order valence-electron chi connectivity index (χ0n) is 11.2. The van der Waals surface area contributed by atoms with Gasteiger partial charge in [-0.05, 0) is 31.6 Å². The Labute approximate surface area is 113 Å². The molecule has 19 heavy (non-hydrogen) atoms. The molecule has 1 fully saturated rings. The topological polar surface area (TPSA) is 66.5 Å². The van der Waals surface area contributed by atoms with E-state index in [1.807, 2.05) is 0 Å². The molecule has 0 radical (unpaired) electrons. The second kappa shape index (κ2) is 7.06. The van der Waals surface area contributed by atoms with E-state index >= 15 is 0 Å². The van der Waals surface area contributed by atoms with E-state index in [0.717, 1.165) is 32.6 Å². The number of methoxy groups -OCH3 is 1. The molecule has 1 saturated heterocycles. The molecule has 1 aliphatic heterocycles. The van der Waals surface area contributed by atoms with Crippen molar-refractivity contribution in [3.05, 3.63) is 18.3 Å². The number of aromatic nitrogens is 1. The highest BCUT2D eigenvalue weighted by molar-refractivity contribution is 5.93. The lowest BCUT2D eigenvalue weighted by atomic mass is 10.3. The molecular weight excluding hydrogens is 244 g/mol. The average molecular weight is 264 g/mol. The first-order valence-electron chi connectivity index (χ1n) is 6.51. The Hall–Kier alpha value is -1.66. The van der Waals surface area contributed by atoms with Crippen LogP contribution in [-0.2, 0) is 4.79 Å². The molecule has 2 heterocycles. The van der Waals surface area contributed by atoms with Gasteiger partial charge in [0.1, 0.15) is 5.69 Å². The van der Waals surface area contributed by atoms with Gasteiger partial charge in [-0.2, -0.15) is 0 Å². The van der Waals surface area contributed by atoms with Crippen LogP contribution in [0.1, 0.15) is 6.42 Å². The Morgan fingerprint density at radius 3 is 3.26 bits per heavy atom. The lowest BCUT2D eigenvalue weighted by Gasteiger charge is -2.18. The Morgan fingerprint density at radius 2 is 2.42 bits per heavy atom. The third-order valence-electron chi connectivity index (χ3n) is 3.04. The van der Waals surface area contributed by atoms with Crippen LogP contribution in [0.3, 0.4) is 0 Å². The summed E-state index contributed by atoms with van der Waals surface area (Å²) in [6, 6.07) is 3.56. The molecule has 0 bridgehead atoms. The van der Waals surface area contributed by atoms with E-state index in [4.69, 9.17) is 4.74 Å². The summed E-state index contributed by atoms with van der Waals surface area (Å²) in [5.41, 5.74) is 0.614. The molecule has 1 aliphatic rings. The first-order chi connectivity index (χ1) is 9.29. The van der Waals surface area contributed by atoms with Crippen LogP contribution in [0.15, 0.2) is 18.3 Å². The Balaban J connectivity index is 1.89. The number of anilines is 1. The van der Waals surface area contributed by atoms with Gasteiger partial charge in [0.25, 0.3) is 0 Å². The molecule has 1 aromatic heterocycles. The van der Waals surface area contributed by atoms with E-state index in [0.29, 0.717) is 18.1 Å². The van der Waals surface area contributed by atoms with Gasteiger partial charge in [0.05, 0.1) is 13.7 Å². The minimum Gasteiger partial charge on any atom is -0.480 e. The first kappa shape index (κ1) is 13.8. The van der Waals surface area contributed by atoms with Gasteiger partial charge in [0.15, 0.2) is 0 Å². The standard InChI is InChI=1S/C13H20N4O2/c1-19-13-11(4-2-6-15-13)16-12(18)10-17-8-3-5-14-7-9-17/h2,4,6,14H,3,5,7-10H2,1H3,(H,16,18). The fraction of sp³-hybridized carbons (Fsp3) is 0.538. The number of ether oxygens (including phenoxy) is 1. The van der Waals surface area contributed by atoms with Crippen LogP contribution in [0.2, 0.25) is 0 Å². The van der Waals surface area contributed by atoms with E-state index in [1.54, 1.807) is 25.4 Å². The van der Waals surface area contributed by atoms with Crippen molar-refractivity contribution < 1.29 is 9.53 Å². The second-order valence-corrected chi connectivity index (χ2v) is 4.49. The van der Waals surface area contributed by atoms with Crippen molar-refractivity contribution in [2.75, 3.05) is 45.2 Å². The van der Waals surface area contributed by atoms with Crippen LogP contribution >= 0.6 is 0 Å². The third kappa shape index (κ3) is 4.18. The molecule has 2 rings (SSSR count). The minimum atomic E-state index is -0.0341. The minimum absolute atomic E-state index is 0.0341. The molecule has 1 aromatic rings. The van der Waals surface area contributed by atoms with Crippen molar-refractivity contribution >= 4 is 11.6 Å². The number of hydrogen-bond donors (Lipinski definition) is 2. The zero-order chi connectivity index (χ0) is 13.5. The number of pyridine rings is 1. The lowest BCUT2D eigenvalue weighted by molar-refractivity contribution is -0.117. The van der Waals surface area contributed by atoms with E-state index in [9.17, 15) is 4.79 Å². The van der Waals surface area contributed by atoms with Gasteiger partial charge in [0.2, 0.25) is 11.8 Å². The summed E-state index contributed by atoms with van der Waals surface area (Å²) in [5.74, 6) is 0.404. The number of carbonyl (C=O) groups is 1. The number of hydrogen-bond acceptors (Lipinski definition) is 5. The summed E-state index contributed by atoms with van der Waals surface area (Å²) in [6.07, 6.45) is 2.71. The van der Waals surface area contributed by atoms with Crippen LogP contribution in [0.4, 0.5) is 5.69 Å². The van der Waals surface area contributed by atoms with Gasteiger partial charge in [0, 0.05) is 19.3 Å². The average Bonchev–Trinajstić information content (AvgIpc) is 2.68. The maximum atomic E-state index is 12.0. The van der Waals surface area contributed by atoms with Gasteiger partial charge < -0.3 is 15.4 Å². The van der Waals surface area contributed by atoms with Crippen LogP contribution < -0.4 is 15.4 Å². The molecule has 2 N–H and O–H groups in total. The normalized spacial score (nSPS) is 16.7. The maximum absolute atomic E-state index is 12.0. The largest absolute Gasteiger partial charge is 0.480 e. The Kier molecular flexibility index (Phi) is 5.11. The molecule has 0 atom stereocenters. The molecule has 6 nitrogen and oxygen atoms in total. The van der Waals surface area contributed by atoms with Crippen LogP contribution in [0, 0.1) is 0 Å². The molecule has 0 aliphatic carbocycles.